The van der Waals surface area contributed by atoms with Crippen molar-refractivity contribution < 1.29 is 13.2 Å². The van der Waals surface area contributed by atoms with Gasteiger partial charge >= 0.3 is 0 Å². The quantitative estimate of drug-likeness (QED) is 0.537. The highest BCUT2D eigenvalue weighted by Gasteiger charge is 2.42. The second-order valence-corrected chi connectivity index (χ2v) is 11.0. The number of hydrogen-bond donors (Lipinski definition) is 0. The first-order chi connectivity index (χ1) is 13.8. The maximum absolute atomic E-state index is 13.4. The molecule has 0 aromatic heterocycles. The van der Waals surface area contributed by atoms with Crippen LogP contribution in [0.5, 0.6) is 0 Å². The van der Waals surface area contributed by atoms with Crippen LogP contribution in [-0.4, -0.2) is 48.4 Å². The summed E-state index contributed by atoms with van der Waals surface area (Å²) in [7, 11) is -1.63. The molecule has 5 nitrogen and oxygen atoms in total. The molecule has 2 aliphatic rings. The number of hydrogen-bond acceptors (Lipinski definition) is 3. The standard InChI is InChI=1S/C22H31ClN2O3S/c1-4-6-17-9-14-21(16-7-10-18(23)11-8-16)25(22(17)26)19(5-2)15-24(3)29(27,28)20-12-13-20/h4,7-8,10-11,17,19-21H,1,5-6,9,12-15H2,2-3H3. The Labute approximate surface area is 179 Å². The number of likely N-dealkylation sites (tertiary alicyclic amines) is 1. The lowest BCUT2D eigenvalue weighted by molar-refractivity contribution is -0.145. The van der Waals surface area contributed by atoms with Gasteiger partial charge in [-0.15, -0.1) is 6.58 Å². The maximum Gasteiger partial charge on any atom is 0.226 e. The van der Waals surface area contributed by atoms with Gasteiger partial charge in [0.25, 0.3) is 0 Å². The number of likely N-dealkylation sites (N-methyl/N-ethyl adjacent to an activating group) is 1. The monoisotopic (exact) mass is 438 g/mol. The molecule has 0 bridgehead atoms. The highest BCUT2D eigenvalue weighted by atomic mass is 35.5. The molecule has 1 aliphatic heterocycles. The van der Waals surface area contributed by atoms with E-state index in [2.05, 4.69) is 6.58 Å². The Morgan fingerprint density at radius 2 is 1.90 bits per heavy atom. The topological polar surface area (TPSA) is 57.7 Å². The third-order valence-corrected chi connectivity index (χ3v) is 8.73. The molecule has 0 radical (unpaired) electrons. The van der Waals surface area contributed by atoms with Crippen molar-refractivity contribution in [1.82, 2.24) is 9.21 Å². The van der Waals surface area contributed by atoms with Crippen LogP contribution in [0.15, 0.2) is 36.9 Å². The van der Waals surface area contributed by atoms with Gasteiger partial charge in [-0.25, -0.2) is 12.7 Å². The average Bonchev–Trinajstić information content (AvgIpc) is 3.54. The molecule has 0 N–H and O–H groups in total. The Balaban J connectivity index is 1.89. The number of amides is 1. The summed E-state index contributed by atoms with van der Waals surface area (Å²) >= 11 is 6.06. The van der Waals surface area contributed by atoms with Crippen LogP contribution in [0.25, 0.3) is 0 Å². The molecule has 7 heteroatoms. The lowest BCUT2D eigenvalue weighted by Gasteiger charge is -2.45. The molecular formula is C22H31ClN2O3S. The fourth-order valence-electron chi connectivity index (χ4n) is 4.29. The van der Waals surface area contributed by atoms with Gasteiger partial charge in [-0.1, -0.05) is 36.7 Å². The zero-order valence-corrected chi connectivity index (χ0v) is 18.8. The molecule has 1 heterocycles. The molecule has 1 aromatic carbocycles. The van der Waals surface area contributed by atoms with Gasteiger partial charge in [0, 0.05) is 30.6 Å². The molecule has 1 aromatic rings. The average molecular weight is 439 g/mol. The summed E-state index contributed by atoms with van der Waals surface area (Å²) in [6.45, 7) is 6.15. The number of benzene rings is 1. The Morgan fingerprint density at radius 3 is 2.45 bits per heavy atom. The predicted molar refractivity (Wildman–Crippen MR) is 117 cm³/mol. The molecule has 1 aliphatic carbocycles. The number of sulfonamides is 1. The predicted octanol–water partition coefficient (Wildman–Crippen LogP) is 4.40. The summed E-state index contributed by atoms with van der Waals surface area (Å²) in [6.07, 6.45) is 6.27. The maximum atomic E-state index is 13.4. The number of allylic oxidation sites excluding steroid dienone is 1. The van der Waals surface area contributed by atoms with Crippen molar-refractivity contribution in [3.63, 3.8) is 0 Å². The van der Waals surface area contributed by atoms with Crippen molar-refractivity contribution in [2.75, 3.05) is 13.6 Å². The molecule has 3 atom stereocenters. The SMILES string of the molecule is C=CCC1CCC(c2ccc(Cl)cc2)N(C(CC)CN(C)S(=O)(=O)C2CC2)C1=O. The molecule has 3 unspecified atom stereocenters. The van der Waals surface area contributed by atoms with E-state index in [-0.39, 0.29) is 29.2 Å². The van der Waals surface area contributed by atoms with Crippen LogP contribution >= 0.6 is 11.6 Å². The Morgan fingerprint density at radius 1 is 1.24 bits per heavy atom. The highest BCUT2D eigenvalue weighted by molar-refractivity contribution is 7.90. The third-order valence-electron chi connectivity index (χ3n) is 6.15. The van der Waals surface area contributed by atoms with Crippen molar-refractivity contribution in [3.8, 4) is 0 Å². The number of halogens is 1. The van der Waals surface area contributed by atoms with E-state index in [0.717, 1.165) is 31.2 Å². The zero-order valence-electron chi connectivity index (χ0n) is 17.3. The van der Waals surface area contributed by atoms with Gasteiger partial charge in [0.05, 0.1) is 11.3 Å². The number of carbonyl (C=O) groups excluding carboxylic acids is 1. The van der Waals surface area contributed by atoms with Gasteiger partial charge in [0.15, 0.2) is 0 Å². The fourth-order valence-corrected chi connectivity index (χ4v) is 6.03. The lowest BCUT2D eigenvalue weighted by Crippen LogP contribution is -2.53. The van der Waals surface area contributed by atoms with Gasteiger partial charge in [0.2, 0.25) is 15.9 Å². The number of piperidine rings is 1. The summed E-state index contributed by atoms with van der Waals surface area (Å²) in [4.78, 5) is 15.4. The van der Waals surface area contributed by atoms with Crippen LogP contribution in [0, 0.1) is 5.92 Å². The van der Waals surface area contributed by atoms with Gasteiger partial charge in [-0.3, -0.25) is 4.79 Å². The van der Waals surface area contributed by atoms with E-state index in [4.69, 9.17) is 11.6 Å². The lowest BCUT2D eigenvalue weighted by atomic mass is 9.85. The fraction of sp³-hybridized carbons (Fsp3) is 0.591. The molecule has 3 rings (SSSR count). The largest absolute Gasteiger partial charge is 0.331 e. The number of carbonyl (C=O) groups is 1. The Bertz CT molecular complexity index is 836. The summed E-state index contributed by atoms with van der Waals surface area (Å²) < 4.78 is 26.8. The van der Waals surface area contributed by atoms with Crippen LogP contribution in [0.4, 0.5) is 0 Å². The van der Waals surface area contributed by atoms with Gasteiger partial charge in [0.1, 0.15) is 0 Å². The third kappa shape index (κ3) is 4.86. The minimum atomic E-state index is -3.28. The first-order valence-electron chi connectivity index (χ1n) is 10.4. The highest BCUT2D eigenvalue weighted by Crippen LogP contribution is 2.39. The normalized spacial score (nSPS) is 24.0. The zero-order chi connectivity index (χ0) is 21.2. The van der Waals surface area contributed by atoms with Crippen molar-refractivity contribution >= 4 is 27.5 Å². The minimum Gasteiger partial charge on any atom is -0.331 e. The molecule has 160 valence electrons. The van der Waals surface area contributed by atoms with Crippen LogP contribution in [0.1, 0.15) is 57.1 Å². The molecule has 2 fully saturated rings. The molecule has 1 amide bonds. The van der Waals surface area contributed by atoms with Gasteiger partial charge in [-0.2, -0.15) is 0 Å². The smallest absolute Gasteiger partial charge is 0.226 e. The first-order valence-corrected chi connectivity index (χ1v) is 12.3. The molecule has 0 spiro atoms. The molecule has 29 heavy (non-hydrogen) atoms. The molecule has 1 saturated carbocycles. The van der Waals surface area contributed by atoms with Gasteiger partial charge < -0.3 is 4.90 Å². The summed E-state index contributed by atoms with van der Waals surface area (Å²) in [5, 5.41) is 0.414. The van der Waals surface area contributed by atoms with E-state index in [0.29, 0.717) is 24.4 Å². The minimum absolute atomic E-state index is 0.0668. The molecule has 1 saturated heterocycles. The van der Waals surface area contributed by atoms with Crippen molar-refractivity contribution in [1.29, 1.82) is 0 Å². The first kappa shape index (κ1) is 22.3. The van der Waals surface area contributed by atoms with Crippen molar-refractivity contribution in [2.24, 2.45) is 5.92 Å². The van der Waals surface area contributed by atoms with Gasteiger partial charge in [-0.05, 0) is 56.2 Å². The van der Waals surface area contributed by atoms with Crippen LogP contribution in [-0.2, 0) is 14.8 Å². The summed E-state index contributed by atoms with van der Waals surface area (Å²) in [5.41, 5.74) is 1.05. The van der Waals surface area contributed by atoms with Crippen LogP contribution in [0.2, 0.25) is 5.02 Å². The van der Waals surface area contributed by atoms with E-state index < -0.39 is 10.0 Å². The Hall–Kier alpha value is -1.37. The second kappa shape index (κ2) is 9.19. The Kier molecular flexibility index (Phi) is 7.07. The second-order valence-electron chi connectivity index (χ2n) is 8.20. The van der Waals surface area contributed by atoms with E-state index >= 15 is 0 Å². The summed E-state index contributed by atoms with van der Waals surface area (Å²) in [6, 6.07) is 7.40. The van der Waals surface area contributed by atoms with E-state index in [1.54, 1.807) is 13.1 Å². The van der Waals surface area contributed by atoms with Crippen molar-refractivity contribution in [2.45, 2.75) is 62.8 Å². The number of nitrogens with zero attached hydrogens (tertiary/aromatic N) is 2. The van der Waals surface area contributed by atoms with Crippen molar-refractivity contribution in [3.05, 3.63) is 47.5 Å². The van der Waals surface area contributed by atoms with E-state index in [9.17, 15) is 13.2 Å². The van der Waals surface area contributed by atoms with E-state index in [1.807, 2.05) is 36.1 Å². The summed E-state index contributed by atoms with van der Waals surface area (Å²) in [5.74, 6) is 0.00983. The van der Waals surface area contributed by atoms with E-state index in [1.165, 1.54) is 4.31 Å². The van der Waals surface area contributed by atoms with Crippen LogP contribution < -0.4 is 0 Å². The van der Waals surface area contributed by atoms with Crippen LogP contribution in [0.3, 0.4) is 0 Å². The number of rotatable bonds is 9. The molecular weight excluding hydrogens is 408 g/mol.